The normalized spacial score (nSPS) is 15.1. The Kier molecular flexibility index (Phi) is 7.27. The fraction of sp³-hybridized carbons (Fsp3) is 0.381. The van der Waals surface area contributed by atoms with Gasteiger partial charge in [0.05, 0.1) is 11.9 Å². The van der Waals surface area contributed by atoms with Crippen LogP contribution in [0.3, 0.4) is 0 Å². The first kappa shape index (κ1) is 22.5. The standard InChI is InChI=1S/C21H28N4O3S2/c1-23-11-13-24(14-12-23)18-9-7-17(8-10-18)22-21(26)16-25(30(3,27)28)19-5-4-6-20(15-19)29-2/h4-10,15H,11-14,16H2,1-3H3,(H,22,26). The van der Waals surface area contributed by atoms with Gasteiger partial charge in [0.25, 0.3) is 0 Å². The third kappa shape index (κ3) is 5.90. The summed E-state index contributed by atoms with van der Waals surface area (Å²) in [4.78, 5) is 18.1. The summed E-state index contributed by atoms with van der Waals surface area (Å²) < 4.78 is 25.7. The first-order chi connectivity index (χ1) is 14.3. The van der Waals surface area contributed by atoms with E-state index in [1.54, 1.807) is 18.2 Å². The molecule has 0 aromatic heterocycles. The van der Waals surface area contributed by atoms with Gasteiger partial charge in [0.2, 0.25) is 15.9 Å². The molecule has 0 atom stereocenters. The minimum absolute atomic E-state index is 0.281. The zero-order valence-corrected chi connectivity index (χ0v) is 19.2. The van der Waals surface area contributed by atoms with E-state index in [9.17, 15) is 13.2 Å². The van der Waals surface area contributed by atoms with E-state index in [1.807, 2.05) is 36.6 Å². The van der Waals surface area contributed by atoms with Crippen LogP contribution in [0.4, 0.5) is 17.1 Å². The monoisotopic (exact) mass is 448 g/mol. The summed E-state index contributed by atoms with van der Waals surface area (Å²) >= 11 is 1.52. The highest BCUT2D eigenvalue weighted by atomic mass is 32.2. The number of nitrogens with one attached hydrogen (secondary N) is 1. The van der Waals surface area contributed by atoms with Gasteiger partial charge in [-0.05, 0) is 55.8 Å². The molecule has 1 saturated heterocycles. The highest BCUT2D eigenvalue weighted by molar-refractivity contribution is 7.98. The molecule has 1 aliphatic heterocycles. The third-order valence-electron chi connectivity index (χ3n) is 5.05. The SMILES string of the molecule is CSc1cccc(N(CC(=O)Nc2ccc(N3CCN(C)CC3)cc2)S(C)(=O)=O)c1. The minimum Gasteiger partial charge on any atom is -0.369 e. The Balaban J connectivity index is 1.66. The van der Waals surface area contributed by atoms with Gasteiger partial charge in [-0.15, -0.1) is 11.8 Å². The predicted molar refractivity (Wildman–Crippen MR) is 125 cm³/mol. The molecule has 0 unspecified atom stereocenters. The molecule has 3 rings (SSSR count). The summed E-state index contributed by atoms with van der Waals surface area (Å²) in [5.74, 6) is -0.387. The van der Waals surface area contributed by atoms with Gasteiger partial charge >= 0.3 is 0 Å². The number of sulfonamides is 1. The van der Waals surface area contributed by atoms with Crippen LogP contribution in [-0.2, 0) is 14.8 Å². The number of piperazine rings is 1. The highest BCUT2D eigenvalue weighted by Crippen LogP contribution is 2.24. The maximum Gasteiger partial charge on any atom is 0.245 e. The zero-order chi connectivity index (χ0) is 21.7. The lowest BCUT2D eigenvalue weighted by molar-refractivity contribution is -0.114. The summed E-state index contributed by atoms with van der Waals surface area (Å²) in [7, 11) is -1.49. The quantitative estimate of drug-likeness (QED) is 0.657. The number of rotatable bonds is 7. The molecular formula is C21H28N4O3S2. The number of thioether (sulfide) groups is 1. The molecule has 1 fully saturated rings. The van der Waals surface area contributed by atoms with Crippen molar-refractivity contribution in [2.45, 2.75) is 4.90 Å². The zero-order valence-electron chi connectivity index (χ0n) is 17.5. The van der Waals surface area contributed by atoms with Crippen molar-refractivity contribution in [2.24, 2.45) is 0 Å². The van der Waals surface area contributed by atoms with Gasteiger partial charge in [-0.3, -0.25) is 9.10 Å². The maximum atomic E-state index is 12.6. The van der Waals surface area contributed by atoms with E-state index >= 15 is 0 Å². The van der Waals surface area contributed by atoms with Crippen LogP contribution in [0.2, 0.25) is 0 Å². The molecule has 1 aliphatic rings. The van der Waals surface area contributed by atoms with Crippen molar-refractivity contribution in [3.63, 3.8) is 0 Å². The molecule has 0 spiro atoms. The van der Waals surface area contributed by atoms with Crippen molar-refractivity contribution in [1.82, 2.24) is 4.90 Å². The Morgan fingerprint density at radius 2 is 1.77 bits per heavy atom. The number of hydrogen-bond donors (Lipinski definition) is 1. The average Bonchev–Trinajstić information content (AvgIpc) is 2.72. The Labute approximate surface area is 183 Å². The smallest absolute Gasteiger partial charge is 0.245 e. The van der Waals surface area contributed by atoms with Gasteiger partial charge in [0.1, 0.15) is 6.54 Å². The molecule has 30 heavy (non-hydrogen) atoms. The molecule has 1 heterocycles. The first-order valence-corrected chi connectivity index (χ1v) is 12.8. The third-order valence-corrected chi connectivity index (χ3v) is 6.91. The molecule has 1 N–H and O–H groups in total. The molecule has 0 aliphatic carbocycles. The lowest BCUT2D eigenvalue weighted by Gasteiger charge is -2.34. The van der Waals surface area contributed by atoms with Crippen LogP contribution in [0.25, 0.3) is 0 Å². The Morgan fingerprint density at radius 1 is 1.10 bits per heavy atom. The number of amides is 1. The predicted octanol–water partition coefficient (Wildman–Crippen LogP) is 2.57. The van der Waals surface area contributed by atoms with Crippen LogP contribution in [0.1, 0.15) is 0 Å². The van der Waals surface area contributed by atoms with E-state index in [1.165, 1.54) is 11.8 Å². The summed E-state index contributed by atoms with van der Waals surface area (Å²) in [6.07, 6.45) is 3.03. The van der Waals surface area contributed by atoms with Gasteiger partial charge in [0, 0.05) is 42.4 Å². The number of hydrogen-bond acceptors (Lipinski definition) is 6. The number of nitrogens with zero attached hydrogens (tertiary/aromatic N) is 3. The first-order valence-electron chi connectivity index (χ1n) is 9.71. The van der Waals surface area contributed by atoms with E-state index < -0.39 is 10.0 Å². The van der Waals surface area contributed by atoms with Crippen LogP contribution in [-0.4, -0.2) is 71.5 Å². The molecule has 0 saturated carbocycles. The van der Waals surface area contributed by atoms with E-state index in [0.29, 0.717) is 11.4 Å². The largest absolute Gasteiger partial charge is 0.369 e. The van der Waals surface area contributed by atoms with Crippen LogP contribution in [0.5, 0.6) is 0 Å². The maximum absolute atomic E-state index is 12.6. The molecule has 0 radical (unpaired) electrons. The Morgan fingerprint density at radius 3 is 2.37 bits per heavy atom. The molecule has 162 valence electrons. The lowest BCUT2D eigenvalue weighted by atomic mass is 10.2. The van der Waals surface area contributed by atoms with Crippen molar-refractivity contribution >= 4 is 44.8 Å². The summed E-state index contributed by atoms with van der Waals surface area (Å²) in [6, 6.07) is 14.8. The van der Waals surface area contributed by atoms with Gasteiger partial charge < -0.3 is 15.1 Å². The number of carbonyl (C=O) groups is 1. The van der Waals surface area contributed by atoms with E-state index in [4.69, 9.17) is 0 Å². The Hall–Kier alpha value is -2.23. The van der Waals surface area contributed by atoms with E-state index in [0.717, 1.165) is 47.3 Å². The summed E-state index contributed by atoms with van der Waals surface area (Å²) in [6.45, 7) is 3.72. The summed E-state index contributed by atoms with van der Waals surface area (Å²) in [5, 5.41) is 2.80. The van der Waals surface area contributed by atoms with Gasteiger partial charge in [-0.25, -0.2) is 8.42 Å². The van der Waals surface area contributed by atoms with E-state index in [-0.39, 0.29) is 12.5 Å². The second kappa shape index (κ2) is 9.72. The fourth-order valence-corrected chi connectivity index (χ4v) is 4.62. The van der Waals surface area contributed by atoms with Crippen molar-refractivity contribution in [3.05, 3.63) is 48.5 Å². The molecule has 9 heteroatoms. The van der Waals surface area contributed by atoms with E-state index in [2.05, 4.69) is 22.2 Å². The summed E-state index contributed by atoms with van der Waals surface area (Å²) in [5.41, 5.74) is 2.24. The highest BCUT2D eigenvalue weighted by Gasteiger charge is 2.21. The van der Waals surface area contributed by atoms with Crippen LogP contribution < -0.4 is 14.5 Å². The van der Waals surface area contributed by atoms with Gasteiger partial charge in [-0.1, -0.05) is 6.07 Å². The number of benzene rings is 2. The molecule has 1 amide bonds. The molecule has 2 aromatic carbocycles. The second-order valence-corrected chi connectivity index (χ2v) is 10.1. The van der Waals surface area contributed by atoms with Gasteiger partial charge in [-0.2, -0.15) is 0 Å². The molecule has 2 aromatic rings. The van der Waals surface area contributed by atoms with Crippen LogP contribution >= 0.6 is 11.8 Å². The number of likely N-dealkylation sites (N-methyl/N-ethyl adjacent to an activating group) is 1. The molecule has 0 bridgehead atoms. The molecular weight excluding hydrogens is 420 g/mol. The minimum atomic E-state index is -3.60. The Bertz CT molecular complexity index is 972. The van der Waals surface area contributed by atoms with Crippen LogP contribution in [0.15, 0.2) is 53.4 Å². The number of anilines is 3. The van der Waals surface area contributed by atoms with Gasteiger partial charge in [0.15, 0.2) is 0 Å². The van der Waals surface area contributed by atoms with Crippen molar-refractivity contribution < 1.29 is 13.2 Å². The lowest BCUT2D eigenvalue weighted by Crippen LogP contribution is -2.44. The fourth-order valence-electron chi connectivity index (χ4n) is 3.32. The second-order valence-electron chi connectivity index (χ2n) is 7.36. The topological polar surface area (TPSA) is 73.0 Å². The van der Waals surface area contributed by atoms with Crippen molar-refractivity contribution in [2.75, 3.05) is 66.8 Å². The van der Waals surface area contributed by atoms with Crippen molar-refractivity contribution in [3.8, 4) is 0 Å². The van der Waals surface area contributed by atoms with Crippen molar-refractivity contribution in [1.29, 1.82) is 0 Å². The average molecular weight is 449 g/mol. The number of carbonyl (C=O) groups excluding carboxylic acids is 1. The molecule has 7 nitrogen and oxygen atoms in total. The van der Waals surface area contributed by atoms with Crippen LogP contribution in [0, 0.1) is 0 Å².